The fourth-order valence-corrected chi connectivity index (χ4v) is 3.28. The van der Waals surface area contributed by atoms with Gasteiger partial charge in [-0.2, -0.15) is 0 Å². The van der Waals surface area contributed by atoms with Crippen molar-refractivity contribution in [2.45, 2.75) is 35.8 Å². The Kier molecular flexibility index (Phi) is 5.01. The van der Waals surface area contributed by atoms with Crippen LogP contribution in [0.3, 0.4) is 0 Å². The lowest BCUT2D eigenvalue weighted by molar-refractivity contribution is -0.138. The van der Waals surface area contributed by atoms with Gasteiger partial charge in [-0.25, -0.2) is 4.79 Å². The van der Waals surface area contributed by atoms with Crippen molar-refractivity contribution in [1.29, 1.82) is 0 Å². The van der Waals surface area contributed by atoms with Gasteiger partial charge in [0.15, 0.2) is 6.10 Å². The number of amides is 3. The SMILES string of the molecule is CO[C@@H]1C(=O)NC(=O)N([C@H]2C[C@H](N=[N+]=[N-])[C@@H](CO)O2)[C@@H]1Br. The maximum absolute atomic E-state index is 12.0. The van der Waals surface area contributed by atoms with Crippen LogP contribution in [0.25, 0.3) is 10.4 Å². The molecule has 0 unspecified atom stereocenters. The molecule has 2 saturated heterocycles. The van der Waals surface area contributed by atoms with Crippen molar-refractivity contribution < 1.29 is 24.2 Å². The van der Waals surface area contributed by atoms with E-state index in [4.69, 9.17) is 15.0 Å². The minimum atomic E-state index is -0.891. The van der Waals surface area contributed by atoms with E-state index in [0.717, 1.165) is 0 Å². The first-order valence-electron chi connectivity index (χ1n) is 6.14. The number of aliphatic hydroxyl groups excluding tert-OH is 1. The number of methoxy groups -OCH3 is 1. The fourth-order valence-electron chi connectivity index (χ4n) is 2.37. The maximum Gasteiger partial charge on any atom is 0.327 e. The number of alkyl halides is 1. The third kappa shape index (κ3) is 2.97. The minimum absolute atomic E-state index is 0.218. The average molecular weight is 364 g/mol. The van der Waals surface area contributed by atoms with Crippen molar-refractivity contribution in [3.05, 3.63) is 10.4 Å². The first kappa shape index (κ1) is 16.0. The predicted octanol–water partition coefficient (Wildman–Crippen LogP) is 0.0604. The van der Waals surface area contributed by atoms with E-state index in [1.54, 1.807) is 0 Å². The first-order valence-corrected chi connectivity index (χ1v) is 7.05. The molecule has 2 aliphatic rings. The number of imide groups is 1. The molecule has 2 N–H and O–H groups in total. The maximum atomic E-state index is 12.0. The van der Waals surface area contributed by atoms with Crippen molar-refractivity contribution in [2.24, 2.45) is 5.11 Å². The van der Waals surface area contributed by atoms with Crippen LogP contribution in [0.1, 0.15) is 6.42 Å². The Balaban J connectivity index is 2.18. The van der Waals surface area contributed by atoms with Gasteiger partial charge in [0.05, 0.1) is 18.8 Å². The fraction of sp³-hybridized carbons (Fsp3) is 0.800. The molecule has 0 aliphatic carbocycles. The molecule has 0 aromatic rings. The van der Waals surface area contributed by atoms with Gasteiger partial charge in [0.2, 0.25) is 0 Å². The molecule has 2 heterocycles. The molecule has 116 valence electrons. The smallest absolute Gasteiger partial charge is 0.327 e. The van der Waals surface area contributed by atoms with Gasteiger partial charge in [0.1, 0.15) is 11.2 Å². The summed E-state index contributed by atoms with van der Waals surface area (Å²) in [4.78, 5) is 26.9. The highest BCUT2D eigenvalue weighted by Gasteiger charge is 2.48. The van der Waals surface area contributed by atoms with Crippen LogP contribution in [0.4, 0.5) is 4.79 Å². The molecule has 5 atom stereocenters. The summed E-state index contributed by atoms with van der Waals surface area (Å²) in [6.45, 7) is -0.338. The van der Waals surface area contributed by atoms with E-state index in [-0.39, 0.29) is 13.0 Å². The Bertz CT molecular complexity index is 484. The number of nitrogens with zero attached hydrogens (tertiary/aromatic N) is 4. The monoisotopic (exact) mass is 363 g/mol. The van der Waals surface area contributed by atoms with Gasteiger partial charge in [-0.15, -0.1) is 0 Å². The minimum Gasteiger partial charge on any atom is -0.394 e. The highest BCUT2D eigenvalue weighted by Crippen LogP contribution is 2.31. The van der Waals surface area contributed by atoms with Crippen molar-refractivity contribution in [2.75, 3.05) is 13.7 Å². The van der Waals surface area contributed by atoms with Crippen molar-refractivity contribution in [3.8, 4) is 0 Å². The highest BCUT2D eigenvalue weighted by atomic mass is 79.9. The van der Waals surface area contributed by atoms with Crippen molar-refractivity contribution in [1.82, 2.24) is 10.2 Å². The Morgan fingerprint density at radius 1 is 1.67 bits per heavy atom. The Hall–Kier alpha value is -1.39. The van der Waals surface area contributed by atoms with Crippen molar-refractivity contribution >= 4 is 27.9 Å². The molecule has 2 rings (SSSR count). The zero-order chi connectivity index (χ0) is 15.6. The number of carbonyl (C=O) groups excluding carboxylic acids is 2. The third-order valence-corrected chi connectivity index (χ3v) is 4.31. The van der Waals surface area contributed by atoms with Crippen LogP contribution in [-0.2, 0) is 14.3 Å². The topological polar surface area (TPSA) is 137 Å². The van der Waals surface area contributed by atoms with Gasteiger partial charge in [0.25, 0.3) is 5.91 Å². The normalized spacial score (nSPS) is 36.3. The van der Waals surface area contributed by atoms with E-state index in [1.165, 1.54) is 12.0 Å². The summed E-state index contributed by atoms with van der Waals surface area (Å²) in [6.07, 6.45) is -2.11. The lowest BCUT2D eigenvalue weighted by Gasteiger charge is -2.39. The molecule has 2 aliphatic heterocycles. The van der Waals surface area contributed by atoms with Crippen LogP contribution >= 0.6 is 15.9 Å². The zero-order valence-electron chi connectivity index (χ0n) is 11.0. The lowest BCUT2D eigenvalue weighted by Crippen LogP contribution is -2.63. The molecule has 2 fully saturated rings. The molecule has 0 saturated carbocycles. The van der Waals surface area contributed by atoms with Crippen LogP contribution < -0.4 is 5.32 Å². The molecule has 3 amide bonds. The van der Waals surface area contributed by atoms with Gasteiger partial charge in [-0.1, -0.05) is 21.0 Å². The van der Waals surface area contributed by atoms with Gasteiger partial charge < -0.3 is 14.6 Å². The van der Waals surface area contributed by atoms with Crippen LogP contribution in [0.15, 0.2) is 5.11 Å². The molecule has 21 heavy (non-hydrogen) atoms. The van der Waals surface area contributed by atoms with E-state index < -0.39 is 41.4 Å². The average Bonchev–Trinajstić information content (AvgIpc) is 2.82. The summed E-state index contributed by atoms with van der Waals surface area (Å²) >= 11 is 3.25. The zero-order valence-corrected chi connectivity index (χ0v) is 12.6. The van der Waals surface area contributed by atoms with E-state index in [0.29, 0.717) is 0 Å². The second-order valence-electron chi connectivity index (χ2n) is 4.55. The van der Waals surface area contributed by atoms with Gasteiger partial charge >= 0.3 is 6.03 Å². The van der Waals surface area contributed by atoms with Crippen LogP contribution in [0, 0.1) is 0 Å². The number of carbonyl (C=O) groups is 2. The summed E-state index contributed by atoms with van der Waals surface area (Å²) in [5.74, 6) is -0.552. The number of hydrogen-bond donors (Lipinski definition) is 2. The molecule has 0 radical (unpaired) electrons. The van der Waals surface area contributed by atoms with E-state index >= 15 is 0 Å². The predicted molar refractivity (Wildman–Crippen MR) is 72.2 cm³/mol. The molecule has 0 bridgehead atoms. The first-order chi connectivity index (χ1) is 10.0. The highest BCUT2D eigenvalue weighted by molar-refractivity contribution is 9.09. The largest absolute Gasteiger partial charge is 0.394 e. The van der Waals surface area contributed by atoms with Crippen LogP contribution in [0.5, 0.6) is 0 Å². The number of halogens is 1. The molecular weight excluding hydrogens is 350 g/mol. The summed E-state index contributed by atoms with van der Waals surface area (Å²) in [5, 5.41) is 14.9. The lowest BCUT2D eigenvalue weighted by atomic mass is 10.1. The molecule has 11 heteroatoms. The van der Waals surface area contributed by atoms with E-state index in [1.807, 2.05) is 0 Å². The van der Waals surface area contributed by atoms with Crippen molar-refractivity contribution in [3.63, 3.8) is 0 Å². The van der Waals surface area contributed by atoms with E-state index in [2.05, 4.69) is 31.3 Å². The third-order valence-electron chi connectivity index (χ3n) is 3.39. The Labute approximate surface area is 128 Å². The standard InChI is InChI=1S/C10H14BrN5O5/c1-20-7-8(11)16(10(19)13-9(7)18)6-2-4(14-15-12)5(3-17)21-6/h4-8,17H,2-3H2,1H3,(H,13,18,19)/t4-,5+,6+,7-,8-/m0/s1. The summed E-state index contributed by atoms with van der Waals surface area (Å²) in [6, 6.07) is -1.23. The van der Waals surface area contributed by atoms with Crippen LogP contribution in [-0.4, -0.2) is 65.1 Å². The summed E-state index contributed by atoms with van der Waals surface area (Å²) in [7, 11) is 1.35. The molecular formula is C10H14BrN5O5. The Morgan fingerprint density at radius 3 is 2.95 bits per heavy atom. The second-order valence-corrected chi connectivity index (χ2v) is 5.49. The number of hydrogen-bond acceptors (Lipinski definition) is 6. The molecule has 0 aromatic carbocycles. The van der Waals surface area contributed by atoms with Gasteiger partial charge in [0, 0.05) is 18.4 Å². The van der Waals surface area contributed by atoms with Gasteiger partial charge in [-0.3, -0.25) is 15.0 Å². The quantitative estimate of drug-likeness (QED) is 0.239. The number of azide groups is 1. The molecule has 0 aromatic heterocycles. The Morgan fingerprint density at radius 2 is 2.38 bits per heavy atom. The van der Waals surface area contributed by atoms with Crippen LogP contribution in [0.2, 0.25) is 0 Å². The number of rotatable bonds is 4. The second kappa shape index (κ2) is 6.58. The van der Waals surface area contributed by atoms with Gasteiger partial charge in [-0.05, 0) is 5.53 Å². The number of nitrogens with one attached hydrogen (secondary N) is 1. The van der Waals surface area contributed by atoms with E-state index in [9.17, 15) is 14.7 Å². The summed E-state index contributed by atoms with van der Waals surface area (Å²) < 4.78 is 10.6. The summed E-state index contributed by atoms with van der Waals surface area (Å²) in [5.41, 5.74) is 8.51. The molecule has 0 spiro atoms. The number of ether oxygens (including phenoxy) is 2. The number of aliphatic hydroxyl groups is 1. The number of urea groups is 1. The molecule has 10 nitrogen and oxygen atoms in total.